The van der Waals surface area contributed by atoms with E-state index in [0.29, 0.717) is 12.3 Å². The fraction of sp³-hybridized carbons (Fsp3) is 0.765. The molecule has 1 N–H and O–H groups in total. The standard InChI is InChI=1S/C17H28N4O3S/c1-3-21-13(2)15(11-19-21)10-18-17(22)14-4-7-20(8-5-14)16-6-9-25(23,24)12-16/h11,14,16H,3-10,12H2,1-2H3,(H,18,22)/t16-/m0/s1. The second-order valence-corrected chi connectivity index (χ2v) is 9.38. The number of hydrogen-bond acceptors (Lipinski definition) is 5. The Morgan fingerprint density at radius 1 is 1.32 bits per heavy atom. The van der Waals surface area contributed by atoms with Gasteiger partial charge in [0.15, 0.2) is 9.84 Å². The highest BCUT2D eigenvalue weighted by Crippen LogP contribution is 2.24. The van der Waals surface area contributed by atoms with Gasteiger partial charge in [0.25, 0.3) is 0 Å². The molecule has 0 bridgehead atoms. The highest BCUT2D eigenvalue weighted by Gasteiger charge is 2.35. The molecular weight excluding hydrogens is 340 g/mol. The summed E-state index contributed by atoms with van der Waals surface area (Å²) in [6.07, 6.45) is 4.16. The van der Waals surface area contributed by atoms with E-state index in [4.69, 9.17) is 0 Å². The van der Waals surface area contributed by atoms with Gasteiger partial charge in [-0.15, -0.1) is 0 Å². The van der Waals surface area contributed by atoms with Crippen molar-refractivity contribution in [3.8, 4) is 0 Å². The third-order valence-corrected chi connectivity index (χ3v) is 7.33. The minimum absolute atomic E-state index is 0.0239. The first kappa shape index (κ1) is 18.4. The van der Waals surface area contributed by atoms with Crippen LogP contribution < -0.4 is 5.32 Å². The highest BCUT2D eigenvalue weighted by molar-refractivity contribution is 7.91. The molecule has 0 saturated carbocycles. The van der Waals surface area contributed by atoms with Crippen LogP contribution >= 0.6 is 0 Å². The van der Waals surface area contributed by atoms with E-state index in [1.165, 1.54) is 0 Å². The maximum atomic E-state index is 12.4. The molecule has 3 heterocycles. The second-order valence-electron chi connectivity index (χ2n) is 7.16. The zero-order chi connectivity index (χ0) is 18.0. The zero-order valence-corrected chi connectivity index (χ0v) is 15.9. The van der Waals surface area contributed by atoms with Crippen molar-refractivity contribution in [3.05, 3.63) is 17.5 Å². The normalized spacial score (nSPS) is 24.5. The van der Waals surface area contributed by atoms with Crippen LogP contribution in [0.15, 0.2) is 6.20 Å². The van der Waals surface area contributed by atoms with Gasteiger partial charge in [0.05, 0.1) is 17.7 Å². The second kappa shape index (κ2) is 7.45. The van der Waals surface area contributed by atoms with Crippen LogP contribution in [0.2, 0.25) is 0 Å². The Balaban J connectivity index is 1.46. The number of sulfone groups is 1. The van der Waals surface area contributed by atoms with E-state index in [1.54, 1.807) is 0 Å². The van der Waals surface area contributed by atoms with Crippen molar-refractivity contribution >= 4 is 15.7 Å². The fourth-order valence-corrected chi connectivity index (χ4v) is 5.66. The topological polar surface area (TPSA) is 84.3 Å². The van der Waals surface area contributed by atoms with Gasteiger partial charge >= 0.3 is 0 Å². The third kappa shape index (κ3) is 4.23. The molecule has 0 aromatic carbocycles. The van der Waals surface area contributed by atoms with Crippen molar-refractivity contribution in [2.75, 3.05) is 24.6 Å². The number of aromatic nitrogens is 2. The van der Waals surface area contributed by atoms with Crippen LogP contribution in [0.3, 0.4) is 0 Å². The van der Waals surface area contributed by atoms with Crippen molar-refractivity contribution in [2.24, 2.45) is 5.92 Å². The summed E-state index contributed by atoms with van der Waals surface area (Å²) in [5, 5.41) is 7.34. The SMILES string of the molecule is CCn1ncc(CNC(=O)C2CCN([C@H]3CCS(=O)(=O)C3)CC2)c1C. The van der Waals surface area contributed by atoms with Gasteiger partial charge < -0.3 is 5.32 Å². The molecule has 2 fully saturated rings. The minimum atomic E-state index is -2.85. The average Bonchev–Trinajstić information content (AvgIpc) is 3.14. The lowest BCUT2D eigenvalue weighted by Crippen LogP contribution is -2.45. The lowest BCUT2D eigenvalue weighted by atomic mass is 9.94. The number of hydrogen-bond donors (Lipinski definition) is 1. The van der Waals surface area contributed by atoms with Gasteiger partial charge in [0.1, 0.15) is 0 Å². The van der Waals surface area contributed by atoms with Gasteiger partial charge in [0.2, 0.25) is 5.91 Å². The van der Waals surface area contributed by atoms with Crippen molar-refractivity contribution in [3.63, 3.8) is 0 Å². The molecule has 25 heavy (non-hydrogen) atoms. The van der Waals surface area contributed by atoms with Crippen molar-refractivity contribution < 1.29 is 13.2 Å². The van der Waals surface area contributed by atoms with Crippen molar-refractivity contribution in [2.45, 2.75) is 52.2 Å². The van der Waals surface area contributed by atoms with E-state index in [1.807, 2.05) is 24.7 Å². The van der Waals surface area contributed by atoms with E-state index in [-0.39, 0.29) is 23.6 Å². The summed E-state index contributed by atoms with van der Waals surface area (Å²) in [5.41, 5.74) is 2.16. The Kier molecular flexibility index (Phi) is 5.48. The monoisotopic (exact) mass is 368 g/mol. The molecule has 3 rings (SSSR count). The fourth-order valence-electron chi connectivity index (χ4n) is 3.89. The van der Waals surface area contributed by atoms with Crippen LogP contribution in [0, 0.1) is 12.8 Å². The van der Waals surface area contributed by atoms with Gasteiger partial charge in [-0.1, -0.05) is 0 Å². The van der Waals surface area contributed by atoms with Crippen LogP contribution in [0.1, 0.15) is 37.4 Å². The summed E-state index contributed by atoms with van der Waals surface area (Å²) in [4.78, 5) is 14.7. The molecule has 8 heteroatoms. The molecule has 0 aliphatic carbocycles. The Labute approximate surface area is 149 Å². The van der Waals surface area contributed by atoms with Gasteiger partial charge in [-0.05, 0) is 46.2 Å². The van der Waals surface area contributed by atoms with E-state index >= 15 is 0 Å². The van der Waals surface area contributed by atoms with Crippen LogP contribution in [0.25, 0.3) is 0 Å². The predicted octanol–water partition coefficient (Wildman–Crippen LogP) is 0.727. The lowest BCUT2D eigenvalue weighted by molar-refractivity contribution is -0.126. The van der Waals surface area contributed by atoms with Gasteiger partial charge in [-0.25, -0.2) is 8.42 Å². The number of likely N-dealkylation sites (tertiary alicyclic amines) is 1. The molecule has 1 aromatic heterocycles. The lowest BCUT2D eigenvalue weighted by Gasteiger charge is -2.34. The Hall–Kier alpha value is -1.41. The van der Waals surface area contributed by atoms with E-state index in [0.717, 1.165) is 50.2 Å². The number of carbonyl (C=O) groups is 1. The first-order valence-electron chi connectivity index (χ1n) is 9.13. The molecule has 1 amide bonds. The number of piperidine rings is 1. The summed E-state index contributed by atoms with van der Waals surface area (Å²) in [6, 6.07) is 0.150. The maximum Gasteiger partial charge on any atom is 0.223 e. The summed E-state index contributed by atoms with van der Waals surface area (Å²) < 4.78 is 25.2. The van der Waals surface area contributed by atoms with Crippen molar-refractivity contribution in [1.82, 2.24) is 20.0 Å². The first-order valence-corrected chi connectivity index (χ1v) is 10.9. The van der Waals surface area contributed by atoms with Crippen molar-refractivity contribution in [1.29, 1.82) is 0 Å². The van der Waals surface area contributed by atoms with Gasteiger partial charge in [-0.2, -0.15) is 5.10 Å². The van der Waals surface area contributed by atoms with Crippen LogP contribution in [-0.4, -0.2) is 59.6 Å². The molecule has 140 valence electrons. The molecule has 1 aromatic rings. The Bertz CT molecular complexity index is 720. The molecule has 7 nitrogen and oxygen atoms in total. The molecule has 0 unspecified atom stereocenters. The summed E-state index contributed by atoms with van der Waals surface area (Å²) in [6.45, 7) is 7.04. The number of rotatable bonds is 5. The molecule has 0 radical (unpaired) electrons. The van der Waals surface area contributed by atoms with Crippen LogP contribution in [0.5, 0.6) is 0 Å². The summed E-state index contributed by atoms with van der Waals surface area (Å²) in [7, 11) is -2.85. The Morgan fingerprint density at radius 2 is 2.04 bits per heavy atom. The number of aryl methyl sites for hydroxylation is 1. The molecule has 2 aliphatic heterocycles. The molecule has 1 atom stereocenters. The highest BCUT2D eigenvalue weighted by atomic mass is 32.2. The maximum absolute atomic E-state index is 12.4. The average molecular weight is 369 g/mol. The molecular formula is C17H28N4O3S. The van der Waals surface area contributed by atoms with Gasteiger partial charge in [-0.3, -0.25) is 14.4 Å². The van der Waals surface area contributed by atoms with E-state index in [9.17, 15) is 13.2 Å². The quantitative estimate of drug-likeness (QED) is 0.828. The summed E-state index contributed by atoms with van der Waals surface area (Å²) in [5.74, 6) is 0.714. The number of amides is 1. The summed E-state index contributed by atoms with van der Waals surface area (Å²) >= 11 is 0. The number of nitrogens with zero attached hydrogens (tertiary/aromatic N) is 3. The van der Waals surface area contributed by atoms with Gasteiger partial charge in [0, 0.05) is 36.3 Å². The van der Waals surface area contributed by atoms with Crippen LogP contribution in [0.4, 0.5) is 0 Å². The first-order chi connectivity index (χ1) is 11.9. The molecule has 0 spiro atoms. The number of nitrogens with one attached hydrogen (secondary N) is 1. The Morgan fingerprint density at radius 3 is 2.60 bits per heavy atom. The largest absolute Gasteiger partial charge is 0.352 e. The smallest absolute Gasteiger partial charge is 0.223 e. The zero-order valence-electron chi connectivity index (χ0n) is 15.1. The molecule has 2 saturated heterocycles. The van der Waals surface area contributed by atoms with E-state index < -0.39 is 9.84 Å². The minimum Gasteiger partial charge on any atom is -0.352 e. The third-order valence-electron chi connectivity index (χ3n) is 5.58. The predicted molar refractivity (Wildman–Crippen MR) is 95.8 cm³/mol. The number of carbonyl (C=O) groups excluding carboxylic acids is 1. The van der Waals surface area contributed by atoms with E-state index in [2.05, 4.69) is 15.3 Å². The van der Waals surface area contributed by atoms with Crippen LogP contribution in [-0.2, 0) is 27.7 Å². The molecule has 2 aliphatic rings.